The van der Waals surface area contributed by atoms with Gasteiger partial charge >= 0.3 is 0 Å². The molecular weight excluding hydrogens is 378 g/mol. The fourth-order valence-electron chi connectivity index (χ4n) is 3.63. The number of carbonyl (C=O) groups excluding carboxylic acids is 1. The summed E-state index contributed by atoms with van der Waals surface area (Å²) in [7, 11) is 0. The highest BCUT2D eigenvalue weighted by molar-refractivity contribution is 8.18. The maximum atomic E-state index is 13.2. The second-order valence-corrected chi connectivity index (χ2v) is 8.21. The van der Waals surface area contributed by atoms with Gasteiger partial charge in [0.15, 0.2) is 5.17 Å². The Bertz CT molecular complexity index is 1050. The topological polar surface area (TPSA) is 35.9 Å². The molecule has 0 bridgehead atoms. The Hall–Kier alpha value is -2.79. The number of fused-ring (bicyclic) bond motifs is 1. The Balaban J connectivity index is 1.76. The number of hydrogen-bond acceptors (Lipinski definition) is 4. The summed E-state index contributed by atoms with van der Waals surface area (Å²) < 4.78 is 0. The number of amidine groups is 1. The normalized spacial score (nSPS) is 20.0. The van der Waals surface area contributed by atoms with Crippen LogP contribution in [0, 0.1) is 13.8 Å². The lowest BCUT2D eigenvalue weighted by Gasteiger charge is -2.30. The number of hydrogen-bond donors (Lipinski definition) is 0. The number of aryl methyl sites for hydroxylation is 2. The van der Waals surface area contributed by atoms with Crippen molar-refractivity contribution in [3.63, 3.8) is 0 Å². The fraction of sp³-hybridized carbons (Fsp3) is 0.250. The van der Waals surface area contributed by atoms with E-state index in [9.17, 15) is 4.79 Å². The van der Waals surface area contributed by atoms with Gasteiger partial charge in [0.1, 0.15) is 4.91 Å². The molecule has 0 saturated carbocycles. The van der Waals surface area contributed by atoms with E-state index in [1.807, 2.05) is 31.2 Å². The highest BCUT2D eigenvalue weighted by Gasteiger charge is 2.36. The Morgan fingerprint density at radius 2 is 1.59 bits per heavy atom. The largest absolute Gasteiger partial charge is 0.340 e. The van der Waals surface area contributed by atoms with E-state index >= 15 is 0 Å². The number of rotatable bonds is 3. The van der Waals surface area contributed by atoms with Crippen molar-refractivity contribution >= 4 is 40.3 Å². The summed E-state index contributed by atoms with van der Waals surface area (Å²) in [6, 6.07) is 14.5. The fourth-order valence-corrected chi connectivity index (χ4v) is 4.77. The smallest absolute Gasteiger partial charge is 0.268 e. The summed E-state index contributed by atoms with van der Waals surface area (Å²) in [5.74, 6) is 0.0250. The van der Waals surface area contributed by atoms with Crippen LogP contribution >= 0.6 is 11.8 Å². The lowest BCUT2D eigenvalue weighted by atomic mass is 10.0. The van der Waals surface area contributed by atoms with Crippen LogP contribution < -0.4 is 4.90 Å². The highest BCUT2D eigenvalue weighted by atomic mass is 32.2. The first-order valence-electron chi connectivity index (χ1n) is 9.97. The average molecular weight is 404 g/mol. The molecule has 4 nitrogen and oxygen atoms in total. The van der Waals surface area contributed by atoms with E-state index in [2.05, 4.69) is 56.0 Å². The van der Waals surface area contributed by atoms with Gasteiger partial charge in [-0.05, 0) is 75.4 Å². The third-order valence-corrected chi connectivity index (χ3v) is 6.25. The number of thioether (sulfide) groups is 1. The maximum absolute atomic E-state index is 13.2. The minimum Gasteiger partial charge on any atom is -0.340 e. The van der Waals surface area contributed by atoms with Crippen LogP contribution in [0.1, 0.15) is 30.5 Å². The summed E-state index contributed by atoms with van der Waals surface area (Å²) >= 11 is 1.47. The van der Waals surface area contributed by atoms with Crippen LogP contribution in [0.2, 0.25) is 0 Å². The summed E-state index contributed by atoms with van der Waals surface area (Å²) in [5.41, 5.74) is 6.57. The van der Waals surface area contributed by atoms with Crippen LogP contribution in [-0.2, 0) is 4.79 Å². The van der Waals surface area contributed by atoms with Gasteiger partial charge in [-0.2, -0.15) is 0 Å². The Morgan fingerprint density at radius 3 is 2.28 bits per heavy atom. The zero-order valence-corrected chi connectivity index (χ0v) is 18.1. The molecule has 2 aliphatic heterocycles. The second-order valence-electron chi connectivity index (χ2n) is 7.24. The maximum Gasteiger partial charge on any atom is 0.268 e. The number of likely N-dealkylation sites (N-methyl/N-ethyl adjacent to an activating group) is 2. The zero-order valence-electron chi connectivity index (χ0n) is 17.3. The standard InChI is InChI=1S/C24H25N3OS/c1-5-26-20-13-9-17(4)15-18(20)10-14-21(26)22-23(28)27(6-2)24(29-22)25-19-11-7-16(3)8-12-19/h7-15H,5-6H2,1-4H3/b22-21-,25-24?. The number of aliphatic imine (C=N–C) groups is 1. The van der Waals surface area contributed by atoms with E-state index in [0.717, 1.165) is 33.7 Å². The van der Waals surface area contributed by atoms with Crippen molar-refractivity contribution in [3.05, 3.63) is 75.8 Å². The number of benzene rings is 2. The summed E-state index contributed by atoms with van der Waals surface area (Å²) in [6.45, 7) is 9.65. The molecule has 5 heteroatoms. The monoisotopic (exact) mass is 403 g/mol. The van der Waals surface area contributed by atoms with Crippen molar-refractivity contribution in [1.29, 1.82) is 0 Å². The van der Waals surface area contributed by atoms with Crippen molar-refractivity contribution in [1.82, 2.24) is 4.90 Å². The Morgan fingerprint density at radius 1 is 0.897 bits per heavy atom. The predicted molar refractivity (Wildman–Crippen MR) is 124 cm³/mol. The molecule has 0 unspecified atom stereocenters. The molecule has 0 spiro atoms. The van der Waals surface area contributed by atoms with E-state index in [-0.39, 0.29) is 5.91 Å². The van der Waals surface area contributed by atoms with Crippen molar-refractivity contribution in [2.75, 3.05) is 18.0 Å². The molecule has 2 aromatic carbocycles. The molecule has 0 radical (unpaired) electrons. The van der Waals surface area contributed by atoms with E-state index in [1.54, 1.807) is 4.90 Å². The van der Waals surface area contributed by atoms with Crippen LogP contribution in [0.5, 0.6) is 0 Å². The first kappa shape index (κ1) is 19.5. The van der Waals surface area contributed by atoms with Gasteiger partial charge in [0.05, 0.1) is 11.4 Å². The summed E-state index contributed by atoms with van der Waals surface area (Å²) in [5, 5.41) is 0.739. The van der Waals surface area contributed by atoms with Gasteiger partial charge in [0.25, 0.3) is 5.91 Å². The lowest BCUT2D eigenvalue weighted by Crippen LogP contribution is -2.30. The molecule has 2 aromatic rings. The van der Waals surface area contributed by atoms with Crippen molar-refractivity contribution < 1.29 is 4.79 Å². The zero-order chi connectivity index (χ0) is 20.5. The molecule has 0 atom stereocenters. The molecule has 2 heterocycles. The molecular formula is C24H25N3OS. The Kier molecular flexibility index (Phi) is 5.33. The first-order chi connectivity index (χ1) is 14.0. The quantitative estimate of drug-likeness (QED) is 0.621. The third-order valence-electron chi connectivity index (χ3n) is 5.17. The van der Waals surface area contributed by atoms with Crippen LogP contribution in [-0.4, -0.2) is 29.1 Å². The summed E-state index contributed by atoms with van der Waals surface area (Å²) in [4.78, 5) is 22.7. The highest BCUT2D eigenvalue weighted by Crippen LogP contribution is 2.40. The van der Waals surface area contributed by atoms with E-state index in [0.29, 0.717) is 6.54 Å². The van der Waals surface area contributed by atoms with Gasteiger partial charge in [-0.25, -0.2) is 4.99 Å². The van der Waals surface area contributed by atoms with Crippen LogP contribution in [0.15, 0.2) is 64.1 Å². The minimum absolute atomic E-state index is 0.0250. The van der Waals surface area contributed by atoms with Crippen LogP contribution in [0.3, 0.4) is 0 Å². The van der Waals surface area contributed by atoms with Gasteiger partial charge < -0.3 is 4.90 Å². The van der Waals surface area contributed by atoms with Gasteiger partial charge in [0, 0.05) is 18.8 Å². The molecule has 148 valence electrons. The molecule has 1 saturated heterocycles. The molecule has 4 rings (SSSR count). The van der Waals surface area contributed by atoms with Crippen LogP contribution in [0.25, 0.3) is 6.08 Å². The van der Waals surface area contributed by atoms with Gasteiger partial charge in [-0.3, -0.25) is 9.69 Å². The number of anilines is 1. The van der Waals surface area contributed by atoms with Crippen LogP contribution in [0.4, 0.5) is 11.4 Å². The van der Waals surface area contributed by atoms with Crippen molar-refractivity contribution in [3.8, 4) is 0 Å². The lowest BCUT2D eigenvalue weighted by molar-refractivity contribution is -0.122. The first-order valence-corrected chi connectivity index (χ1v) is 10.8. The third kappa shape index (κ3) is 3.62. The van der Waals surface area contributed by atoms with E-state index in [1.165, 1.54) is 28.5 Å². The second kappa shape index (κ2) is 7.91. The molecule has 0 N–H and O–H groups in total. The molecule has 0 aromatic heterocycles. The van der Waals surface area contributed by atoms with Gasteiger partial charge in [-0.1, -0.05) is 35.4 Å². The number of carbonyl (C=O) groups is 1. The minimum atomic E-state index is 0.0250. The predicted octanol–water partition coefficient (Wildman–Crippen LogP) is 5.65. The Labute approximate surface area is 176 Å². The number of allylic oxidation sites excluding steroid dienone is 1. The van der Waals surface area contributed by atoms with E-state index < -0.39 is 0 Å². The van der Waals surface area contributed by atoms with Gasteiger partial charge in [-0.15, -0.1) is 0 Å². The molecule has 1 fully saturated rings. The summed E-state index contributed by atoms with van der Waals surface area (Å²) in [6.07, 6.45) is 4.17. The van der Waals surface area contributed by atoms with Gasteiger partial charge in [0.2, 0.25) is 0 Å². The molecule has 29 heavy (non-hydrogen) atoms. The molecule has 0 aliphatic carbocycles. The number of nitrogens with zero attached hydrogens (tertiary/aromatic N) is 3. The average Bonchev–Trinajstić information content (AvgIpc) is 3.03. The van der Waals surface area contributed by atoms with E-state index in [4.69, 9.17) is 4.99 Å². The number of amides is 1. The van der Waals surface area contributed by atoms with Crippen molar-refractivity contribution in [2.24, 2.45) is 4.99 Å². The van der Waals surface area contributed by atoms with Crippen molar-refractivity contribution in [2.45, 2.75) is 27.7 Å². The molecule has 2 aliphatic rings. The SMILES string of the molecule is CCN1C(=O)/C(=C2\C=Cc3cc(C)ccc3N2CC)SC1=Nc1ccc(C)cc1. The molecule has 1 amide bonds.